The number of nitrogens with zero attached hydrogens (tertiary/aromatic N) is 3. The topological polar surface area (TPSA) is 30.7 Å². The molecule has 0 unspecified atom stereocenters. The Morgan fingerprint density at radius 3 is 2.93 bits per heavy atom. The maximum atomic E-state index is 5.82. The van der Waals surface area contributed by atoms with Gasteiger partial charge in [-0.2, -0.15) is 5.10 Å². The van der Waals surface area contributed by atoms with Crippen molar-refractivity contribution in [1.82, 2.24) is 14.8 Å². The van der Waals surface area contributed by atoms with Crippen LogP contribution in [0.5, 0.6) is 0 Å². The molecule has 3 nitrogen and oxygen atoms in total. The van der Waals surface area contributed by atoms with Gasteiger partial charge in [0.15, 0.2) is 0 Å². The molecule has 0 amide bonds. The van der Waals surface area contributed by atoms with Crippen molar-refractivity contribution in [1.29, 1.82) is 0 Å². The van der Waals surface area contributed by atoms with Crippen LogP contribution in [0.2, 0.25) is 5.02 Å². The molecule has 2 heterocycles. The van der Waals surface area contributed by atoms with Crippen molar-refractivity contribution in [2.75, 3.05) is 0 Å². The summed E-state index contributed by atoms with van der Waals surface area (Å²) in [5.41, 5.74) is 1.08. The van der Waals surface area contributed by atoms with E-state index >= 15 is 0 Å². The highest BCUT2D eigenvalue weighted by Gasteiger charge is 2.09. The lowest BCUT2D eigenvalue weighted by Crippen LogP contribution is -2.08. The fourth-order valence-corrected chi connectivity index (χ4v) is 2.44. The van der Waals surface area contributed by atoms with E-state index in [0.717, 1.165) is 17.1 Å². The standard InChI is InChI=1S/C10H12ClN3S/c1-7-6-15-10(13-7)3-8(2)14-5-9(11)4-12-14/h4-6,8H,3H2,1-2H3/t8-/m0/s1. The molecule has 1 atom stereocenters. The quantitative estimate of drug-likeness (QED) is 0.827. The molecule has 2 aromatic rings. The minimum absolute atomic E-state index is 0.294. The average Bonchev–Trinajstić information content (AvgIpc) is 2.75. The first kappa shape index (κ1) is 10.6. The van der Waals surface area contributed by atoms with Crippen LogP contribution in [0.15, 0.2) is 17.8 Å². The number of hydrogen-bond donors (Lipinski definition) is 0. The van der Waals surface area contributed by atoms with E-state index in [9.17, 15) is 0 Å². The Kier molecular flexibility index (Phi) is 3.07. The summed E-state index contributed by atoms with van der Waals surface area (Å²) in [6.07, 6.45) is 4.40. The minimum atomic E-state index is 0.294. The van der Waals surface area contributed by atoms with Gasteiger partial charge >= 0.3 is 0 Å². The van der Waals surface area contributed by atoms with Crippen LogP contribution in [-0.2, 0) is 6.42 Å². The normalized spacial score (nSPS) is 13.0. The van der Waals surface area contributed by atoms with Crippen molar-refractivity contribution in [3.05, 3.63) is 33.5 Å². The number of thiazole rings is 1. The lowest BCUT2D eigenvalue weighted by molar-refractivity contribution is 0.488. The molecule has 0 saturated heterocycles. The molecule has 0 saturated carbocycles. The summed E-state index contributed by atoms with van der Waals surface area (Å²) < 4.78 is 1.87. The van der Waals surface area contributed by atoms with Crippen molar-refractivity contribution in [2.24, 2.45) is 0 Å². The third-order valence-electron chi connectivity index (χ3n) is 2.16. The second-order valence-electron chi connectivity index (χ2n) is 3.57. The first-order valence-electron chi connectivity index (χ1n) is 4.76. The molecule has 0 bridgehead atoms. The van der Waals surface area contributed by atoms with Crippen molar-refractivity contribution < 1.29 is 0 Å². The number of aryl methyl sites for hydroxylation is 1. The van der Waals surface area contributed by atoms with Gasteiger partial charge in [-0.15, -0.1) is 11.3 Å². The molecule has 2 aromatic heterocycles. The van der Waals surface area contributed by atoms with E-state index in [0.29, 0.717) is 11.1 Å². The zero-order valence-corrected chi connectivity index (χ0v) is 10.2. The maximum Gasteiger partial charge on any atom is 0.0949 e. The molecule has 0 aliphatic heterocycles. The van der Waals surface area contributed by atoms with Crippen LogP contribution in [0.25, 0.3) is 0 Å². The zero-order chi connectivity index (χ0) is 10.8. The molecule has 5 heteroatoms. The largest absolute Gasteiger partial charge is 0.268 e. The fourth-order valence-electron chi connectivity index (χ4n) is 1.40. The Labute approximate surface area is 97.7 Å². The Morgan fingerprint density at radius 1 is 1.60 bits per heavy atom. The van der Waals surface area contributed by atoms with E-state index in [1.807, 2.05) is 17.8 Å². The van der Waals surface area contributed by atoms with Gasteiger partial charge in [-0.05, 0) is 13.8 Å². The van der Waals surface area contributed by atoms with Crippen molar-refractivity contribution in [2.45, 2.75) is 26.3 Å². The summed E-state index contributed by atoms with van der Waals surface area (Å²) in [4.78, 5) is 4.43. The van der Waals surface area contributed by atoms with Gasteiger partial charge in [0.25, 0.3) is 0 Å². The Morgan fingerprint density at radius 2 is 2.40 bits per heavy atom. The van der Waals surface area contributed by atoms with Crippen LogP contribution < -0.4 is 0 Å². The van der Waals surface area contributed by atoms with E-state index in [2.05, 4.69) is 22.4 Å². The highest BCUT2D eigenvalue weighted by Crippen LogP contribution is 2.18. The van der Waals surface area contributed by atoms with Gasteiger partial charge in [0.05, 0.1) is 22.3 Å². The zero-order valence-electron chi connectivity index (χ0n) is 8.64. The number of halogens is 1. The average molecular weight is 242 g/mol. The lowest BCUT2D eigenvalue weighted by Gasteiger charge is -2.09. The highest BCUT2D eigenvalue weighted by molar-refractivity contribution is 7.09. The van der Waals surface area contributed by atoms with Gasteiger partial charge in [-0.1, -0.05) is 11.6 Å². The molecule has 0 spiro atoms. The summed E-state index contributed by atoms with van der Waals surface area (Å²) >= 11 is 7.51. The van der Waals surface area contributed by atoms with Crippen molar-refractivity contribution in [3.8, 4) is 0 Å². The van der Waals surface area contributed by atoms with Crippen LogP contribution in [0, 0.1) is 6.92 Å². The molecule has 2 rings (SSSR count). The summed E-state index contributed by atoms with van der Waals surface area (Å²) in [7, 11) is 0. The molecule has 80 valence electrons. The van der Waals surface area contributed by atoms with Crippen LogP contribution in [0.1, 0.15) is 23.7 Å². The van der Waals surface area contributed by atoms with Crippen LogP contribution >= 0.6 is 22.9 Å². The van der Waals surface area contributed by atoms with Crippen LogP contribution in [0.4, 0.5) is 0 Å². The first-order valence-corrected chi connectivity index (χ1v) is 6.01. The number of aromatic nitrogens is 3. The molecular weight excluding hydrogens is 230 g/mol. The summed E-state index contributed by atoms with van der Waals surface area (Å²) in [5.74, 6) is 0. The molecular formula is C10H12ClN3S. The monoisotopic (exact) mass is 241 g/mol. The van der Waals surface area contributed by atoms with Gasteiger partial charge < -0.3 is 0 Å². The Bertz CT molecular complexity index is 449. The summed E-state index contributed by atoms with van der Waals surface area (Å²) in [5, 5.41) is 8.07. The molecule has 15 heavy (non-hydrogen) atoms. The van der Waals surface area contributed by atoms with Crippen molar-refractivity contribution in [3.63, 3.8) is 0 Å². The molecule has 0 aliphatic carbocycles. The van der Waals surface area contributed by atoms with Gasteiger partial charge in [0.1, 0.15) is 0 Å². The van der Waals surface area contributed by atoms with Gasteiger partial charge in [0.2, 0.25) is 0 Å². The first-order chi connectivity index (χ1) is 7.15. The summed E-state index contributed by atoms with van der Waals surface area (Å²) in [6.45, 7) is 4.12. The molecule has 0 N–H and O–H groups in total. The lowest BCUT2D eigenvalue weighted by atomic mass is 10.2. The third kappa shape index (κ3) is 2.58. The molecule has 0 fully saturated rings. The third-order valence-corrected chi connectivity index (χ3v) is 3.34. The van der Waals surface area contributed by atoms with Gasteiger partial charge in [-0.3, -0.25) is 4.68 Å². The SMILES string of the molecule is Cc1csc(C[C@H](C)n2cc(Cl)cn2)n1. The van der Waals surface area contributed by atoms with Crippen LogP contribution in [-0.4, -0.2) is 14.8 Å². The van der Waals surface area contributed by atoms with Crippen LogP contribution in [0.3, 0.4) is 0 Å². The van der Waals surface area contributed by atoms with E-state index < -0.39 is 0 Å². The fraction of sp³-hybridized carbons (Fsp3) is 0.400. The number of rotatable bonds is 3. The van der Waals surface area contributed by atoms with Gasteiger partial charge in [0, 0.05) is 23.7 Å². The van der Waals surface area contributed by atoms with Crippen molar-refractivity contribution >= 4 is 22.9 Å². The minimum Gasteiger partial charge on any atom is -0.268 e. The molecule has 0 aliphatic rings. The Hall–Kier alpha value is -0.870. The van der Waals surface area contributed by atoms with E-state index in [4.69, 9.17) is 11.6 Å². The number of hydrogen-bond acceptors (Lipinski definition) is 3. The van der Waals surface area contributed by atoms with Gasteiger partial charge in [-0.25, -0.2) is 4.98 Å². The van der Waals surface area contributed by atoms with E-state index in [1.165, 1.54) is 0 Å². The smallest absolute Gasteiger partial charge is 0.0949 e. The maximum absolute atomic E-state index is 5.82. The highest BCUT2D eigenvalue weighted by atomic mass is 35.5. The van der Waals surface area contributed by atoms with E-state index in [-0.39, 0.29) is 0 Å². The molecule has 0 aromatic carbocycles. The summed E-state index contributed by atoms with van der Waals surface area (Å²) in [6, 6.07) is 0.294. The second-order valence-corrected chi connectivity index (χ2v) is 4.95. The second kappa shape index (κ2) is 4.33. The predicted molar refractivity (Wildman–Crippen MR) is 62.5 cm³/mol. The predicted octanol–water partition coefficient (Wildman–Crippen LogP) is 3.11. The van der Waals surface area contributed by atoms with E-state index in [1.54, 1.807) is 17.5 Å². The molecule has 0 radical (unpaired) electrons. The Balaban J connectivity index is 2.06.